The van der Waals surface area contributed by atoms with Crippen molar-refractivity contribution in [2.75, 3.05) is 6.54 Å². The topological polar surface area (TPSA) is 83.6 Å². The number of aliphatic carboxylic acids is 1. The molecule has 20 heavy (non-hydrogen) atoms. The maximum Gasteiger partial charge on any atom is 0.321 e. The van der Waals surface area contributed by atoms with Crippen molar-refractivity contribution in [1.82, 2.24) is 4.90 Å². The standard InChI is InChI=1S/C15H20N2O3/c1-10-5-4-8-17(13(10)15(19)20)9-11-6-2-3-7-12(11)14(16)18/h2-3,6-7,10,13H,4-5,8-9H2,1H3,(H2,16,18)(H,19,20). The third-order valence-electron chi connectivity index (χ3n) is 3.95. The smallest absolute Gasteiger partial charge is 0.321 e. The number of piperidine rings is 1. The highest BCUT2D eigenvalue weighted by Crippen LogP contribution is 2.25. The van der Waals surface area contributed by atoms with Crippen LogP contribution >= 0.6 is 0 Å². The molecular weight excluding hydrogens is 256 g/mol. The highest BCUT2D eigenvalue weighted by Gasteiger charge is 2.34. The zero-order valence-corrected chi connectivity index (χ0v) is 11.6. The molecule has 2 unspecified atom stereocenters. The number of carboxylic acid groups (broad SMARTS) is 1. The molecule has 0 spiro atoms. The van der Waals surface area contributed by atoms with Crippen LogP contribution in [-0.2, 0) is 11.3 Å². The molecule has 0 radical (unpaired) electrons. The number of carbonyl (C=O) groups is 2. The lowest BCUT2D eigenvalue weighted by Gasteiger charge is -2.37. The summed E-state index contributed by atoms with van der Waals surface area (Å²) < 4.78 is 0. The lowest BCUT2D eigenvalue weighted by atomic mass is 9.90. The summed E-state index contributed by atoms with van der Waals surface area (Å²) in [7, 11) is 0. The van der Waals surface area contributed by atoms with Crippen molar-refractivity contribution in [3.8, 4) is 0 Å². The van der Waals surface area contributed by atoms with Gasteiger partial charge in [-0.15, -0.1) is 0 Å². The number of carboxylic acids is 1. The molecule has 1 aliphatic rings. The average molecular weight is 276 g/mol. The van der Waals surface area contributed by atoms with Crippen molar-refractivity contribution in [1.29, 1.82) is 0 Å². The van der Waals surface area contributed by atoms with Crippen LogP contribution in [0.3, 0.4) is 0 Å². The second-order valence-corrected chi connectivity index (χ2v) is 5.39. The number of rotatable bonds is 4. The Morgan fingerprint density at radius 1 is 1.40 bits per heavy atom. The van der Waals surface area contributed by atoms with Gasteiger partial charge >= 0.3 is 5.97 Å². The van der Waals surface area contributed by atoms with Crippen molar-refractivity contribution in [3.63, 3.8) is 0 Å². The van der Waals surface area contributed by atoms with Crippen LogP contribution in [0.2, 0.25) is 0 Å². The summed E-state index contributed by atoms with van der Waals surface area (Å²) in [5.74, 6) is -1.16. The van der Waals surface area contributed by atoms with E-state index in [-0.39, 0.29) is 5.92 Å². The number of hydrogen-bond acceptors (Lipinski definition) is 3. The van der Waals surface area contributed by atoms with Crippen molar-refractivity contribution < 1.29 is 14.7 Å². The summed E-state index contributed by atoms with van der Waals surface area (Å²) in [5.41, 5.74) is 6.63. The molecule has 3 N–H and O–H groups in total. The van der Waals surface area contributed by atoms with Gasteiger partial charge < -0.3 is 10.8 Å². The van der Waals surface area contributed by atoms with Gasteiger partial charge in [-0.25, -0.2) is 0 Å². The lowest BCUT2D eigenvalue weighted by molar-refractivity contribution is -0.147. The number of carbonyl (C=O) groups excluding carboxylic acids is 1. The lowest BCUT2D eigenvalue weighted by Crippen LogP contribution is -2.48. The number of benzene rings is 1. The minimum Gasteiger partial charge on any atom is -0.480 e. The minimum atomic E-state index is -0.797. The van der Waals surface area contributed by atoms with Crippen LogP contribution in [0.25, 0.3) is 0 Å². The number of hydrogen-bond donors (Lipinski definition) is 2. The third kappa shape index (κ3) is 2.99. The highest BCUT2D eigenvalue weighted by molar-refractivity contribution is 5.94. The van der Waals surface area contributed by atoms with E-state index in [4.69, 9.17) is 5.73 Å². The summed E-state index contributed by atoms with van der Waals surface area (Å²) in [5, 5.41) is 9.40. The number of likely N-dealkylation sites (tertiary alicyclic amines) is 1. The fourth-order valence-electron chi connectivity index (χ4n) is 2.97. The molecule has 0 aliphatic carbocycles. The Morgan fingerprint density at radius 2 is 2.10 bits per heavy atom. The molecule has 1 fully saturated rings. The van der Waals surface area contributed by atoms with Gasteiger partial charge in [0.1, 0.15) is 6.04 Å². The van der Waals surface area contributed by atoms with E-state index in [1.807, 2.05) is 24.0 Å². The van der Waals surface area contributed by atoms with Crippen molar-refractivity contribution in [2.45, 2.75) is 32.4 Å². The van der Waals surface area contributed by atoms with Gasteiger partial charge in [-0.3, -0.25) is 14.5 Å². The van der Waals surface area contributed by atoms with Crippen molar-refractivity contribution in [3.05, 3.63) is 35.4 Å². The van der Waals surface area contributed by atoms with Crippen molar-refractivity contribution >= 4 is 11.9 Å². The molecule has 1 saturated heterocycles. The molecule has 1 heterocycles. The summed E-state index contributed by atoms with van der Waals surface area (Å²) in [4.78, 5) is 24.8. The molecule has 2 rings (SSSR count). The first kappa shape index (κ1) is 14.5. The van der Waals surface area contributed by atoms with E-state index in [2.05, 4.69) is 0 Å². The Morgan fingerprint density at radius 3 is 2.75 bits per heavy atom. The highest BCUT2D eigenvalue weighted by atomic mass is 16.4. The van der Waals surface area contributed by atoms with E-state index in [0.717, 1.165) is 24.9 Å². The van der Waals surface area contributed by atoms with Gasteiger partial charge in [0.05, 0.1) is 0 Å². The molecule has 1 aromatic carbocycles. The Bertz CT molecular complexity index is 516. The average Bonchev–Trinajstić information content (AvgIpc) is 2.38. The minimum absolute atomic E-state index is 0.113. The zero-order chi connectivity index (χ0) is 14.7. The number of amides is 1. The Kier molecular flexibility index (Phi) is 4.39. The van der Waals surface area contributed by atoms with Crippen LogP contribution in [-0.4, -0.2) is 34.5 Å². The first-order valence-electron chi connectivity index (χ1n) is 6.85. The molecule has 2 atom stereocenters. The van der Waals surface area contributed by atoms with E-state index in [9.17, 15) is 14.7 Å². The van der Waals surface area contributed by atoms with Crippen LogP contribution in [0.15, 0.2) is 24.3 Å². The molecule has 1 aliphatic heterocycles. The van der Waals surface area contributed by atoms with E-state index in [0.29, 0.717) is 12.1 Å². The molecule has 108 valence electrons. The zero-order valence-electron chi connectivity index (χ0n) is 11.6. The van der Waals surface area contributed by atoms with Crippen LogP contribution in [0.1, 0.15) is 35.7 Å². The molecule has 0 bridgehead atoms. The van der Waals surface area contributed by atoms with Gasteiger partial charge in [0.2, 0.25) is 5.91 Å². The molecule has 5 heteroatoms. The largest absolute Gasteiger partial charge is 0.480 e. The van der Waals surface area contributed by atoms with Gasteiger partial charge in [-0.05, 0) is 36.9 Å². The molecule has 1 aromatic rings. The second-order valence-electron chi connectivity index (χ2n) is 5.39. The van der Waals surface area contributed by atoms with E-state index in [1.54, 1.807) is 12.1 Å². The van der Waals surface area contributed by atoms with Crippen LogP contribution in [0.5, 0.6) is 0 Å². The van der Waals surface area contributed by atoms with Gasteiger partial charge in [0, 0.05) is 12.1 Å². The fraction of sp³-hybridized carbons (Fsp3) is 0.467. The summed E-state index contributed by atoms with van der Waals surface area (Å²) in [6, 6.07) is 6.62. The molecule has 5 nitrogen and oxygen atoms in total. The van der Waals surface area contributed by atoms with Gasteiger partial charge in [0.15, 0.2) is 0 Å². The molecule has 0 aromatic heterocycles. The monoisotopic (exact) mass is 276 g/mol. The molecule has 1 amide bonds. The maximum absolute atomic E-state index is 11.5. The van der Waals surface area contributed by atoms with Gasteiger partial charge in [-0.1, -0.05) is 25.1 Å². The Labute approximate surface area is 118 Å². The van der Waals surface area contributed by atoms with Crippen LogP contribution in [0.4, 0.5) is 0 Å². The number of nitrogens with two attached hydrogens (primary N) is 1. The Balaban J connectivity index is 2.24. The maximum atomic E-state index is 11.5. The third-order valence-corrected chi connectivity index (χ3v) is 3.95. The quantitative estimate of drug-likeness (QED) is 0.872. The first-order valence-corrected chi connectivity index (χ1v) is 6.85. The predicted octanol–water partition coefficient (Wildman–Crippen LogP) is 1.47. The van der Waals surface area contributed by atoms with Crippen LogP contribution < -0.4 is 5.73 Å². The summed E-state index contributed by atoms with van der Waals surface area (Å²) in [6.45, 7) is 3.14. The molecular formula is C15H20N2O3. The molecule has 0 saturated carbocycles. The normalized spacial score (nSPS) is 23.4. The summed E-state index contributed by atoms with van der Waals surface area (Å²) in [6.07, 6.45) is 1.90. The SMILES string of the molecule is CC1CCCN(Cc2ccccc2C(N)=O)C1C(=O)O. The number of nitrogens with zero attached hydrogens (tertiary/aromatic N) is 1. The van der Waals surface area contributed by atoms with Crippen molar-refractivity contribution in [2.24, 2.45) is 11.7 Å². The second kappa shape index (κ2) is 6.05. The fourth-order valence-corrected chi connectivity index (χ4v) is 2.97. The van der Waals surface area contributed by atoms with Gasteiger partial charge in [0.25, 0.3) is 0 Å². The number of primary amides is 1. The first-order chi connectivity index (χ1) is 9.50. The van der Waals surface area contributed by atoms with Crippen LogP contribution in [0, 0.1) is 5.92 Å². The summed E-state index contributed by atoms with van der Waals surface area (Å²) >= 11 is 0. The van der Waals surface area contributed by atoms with Gasteiger partial charge in [-0.2, -0.15) is 0 Å². The van der Waals surface area contributed by atoms with E-state index >= 15 is 0 Å². The predicted molar refractivity (Wildman–Crippen MR) is 75.2 cm³/mol. The van der Waals surface area contributed by atoms with E-state index in [1.165, 1.54) is 0 Å². The van der Waals surface area contributed by atoms with E-state index < -0.39 is 17.9 Å². The Hall–Kier alpha value is -1.88.